The molecule has 1 saturated carbocycles. The molecule has 1 aromatic heterocycles. The molecule has 2 amide bonds. The number of amides is 2. The Kier molecular flexibility index (Phi) is 4.18. The predicted molar refractivity (Wildman–Crippen MR) is 78.2 cm³/mol. The quantitative estimate of drug-likeness (QED) is 0.916. The summed E-state index contributed by atoms with van der Waals surface area (Å²) in [6.07, 6.45) is 9.08. The van der Waals surface area contributed by atoms with Crippen molar-refractivity contribution in [2.45, 2.75) is 44.7 Å². The van der Waals surface area contributed by atoms with E-state index in [2.05, 4.69) is 10.3 Å². The van der Waals surface area contributed by atoms with E-state index in [1.54, 1.807) is 17.3 Å². The molecule has 21 heavy (non-hydrogen) atoms. The summed E-state index contributed by atoms with van der Waals surface area (Å²) in [5.41, 5.74) is 1.02. The Balaban J connectivity index is 1.81. The van der Waals surface area contributed by atoms with Crippen LogP contribution < -0.4 is 5.32 Å². The molecule has 1 unspecified atom stereocenters. The van der Waals surface area contributed by atoms with Gasteiger partial charge in [-0.05, 0) is 36.5 Å². The molecular formula is C16H21N3O2. The van der Waals surface area contributed by atoms with Gasteiger partial charge in [-0.25, -0.2) is 0 Å². The number of piperazine rings is 1. The van der Waals surface area contributed by atoms with Gasteiger partial charge in [0.25, 0.3) is 0 Å². The molecule has 1 aromatic rings. The molecule has 0 aromatic carbocycles. The molecular weight excluding hydrogens is 266 g/mol. The second-order valence-corrected chi connectivity index (χ2v) is 5.94. The van der Waals surface area contributed by atoms with Gasteiger partial charge < -0.3 is 10.2 Å². The van der Waals surface area contributed by atoms with Crippen LogP contribution in [-0.4, -0.2) is 34.3 Å². The molecule has 5 heteroatoms. The second-order valence-electron chi connectivity index (χ2n) is 5.94. The monoisotopic (exact) mass is 287 g/mol. The lowest BCUT2D eigenvalue weighted by atomic mass is 9.82. The molecule has 2 fully saturated rings. The first kappa shape index (κ1) is 14.0. The van der Waals surface area contributed by atoms with Gasteiger partial charge in [0.1, 0.15) is 6.04 Å². The summed E-state index contributed by atoms with van der Waals surface area (Å²) in [7, 11) is 0. The van der Waals surface area contributed by atoms with E-state index in [1.165, 1.54) is 6.42 Å². The van der Waals surface area contributed by atoms with Crippen molar-refractivity contribution in [3.05, 3.63) is 30.1 Å². The van der Waals surface area contributed by atoms with Crippen LogP contribution in [0, 0.1) is 5.92 Å². The summed E-state index contributed by atoms with van der Waals surface area (Å²) in [6, 6.07) is 3.50. The van der Waals surface area contributed by atoms with Gasteiger partial charge in [0, 0.05) is 18.9 Å². The van der Waals surface area contributed by atoms with Crippen molar-refractivity contribution >= 4 is 11.8 Å². The Hall–Kier alpha value is -1.91. The first-order valence-corrected chi connectivity index (χ1v) is 7.72. The zero-order valence-electron chi connectivity index (χ0n) is 12.1. The summed E-state index contributed by atoms with van der Waals surface area (Å²) >= 11 is 0. The standard InChI is InChI=1S/C16H21N3O2/c20-14-10-18-16(21)15(13-4-2-1-3-5-13)19(14)11-12-6-8-17-9-7-12/h6-9,13,15H,1-5,10-11H2,(H,18,21). The average Bonchev–Trinajstić information content (AvgIpc) is 2.53. The maximum atomic E-state index is 12.3. The summed E-state index contributed by atoms with van der Waals surface area (Å²) in [5.74, 6) is 0.322. The fraction of sp³-hybridized carbons (Fsp3) is 0.562. The molecule has 0 radical (unpaired) electrons. The van der Waals surface area contributed by atoms with Gasteiger partial charge in [-0.3, -0.25) is 14.6 Å². The van der Waals surface area contributed by atoms with E-state index in [0.29, 0.717) is 12.5 Å². The molecule has 112 valence electrons. The third kappa shape index (κ3) is 3.06. The largest absolute Gasteiger partial charge is 0.345 e. The SMILES string of the molecule is O=C1NCC(=O)N(Cc2ccncc2)C1C1CCCCC1. The van der Waals surface area contributed by atoms with Crippen LogP contribution in [0.2, 0.25) is 0 Å². The molecule has 0 bridgehead atoms. The molecule has 1 aliphatic heterocycles. The molecule has 5 nitrogen and oxygen atoms in total. The lowest BCUT2D eigenvalue weighted by molar-refractivity contribution is -0.149. The van der Waals surface area contributed by atoms with Gasteiger partial charge in [-0.15, -0.1) is 0 Å². The number of nitrogens with zero attached hydrogens (tertiary/aromatic N) is 2. The average molecular weight is 287 g/mol. The number of hydrogen-bond acceptors (Lipinski definition) is 3. The lowest BCUT2D eigenvalue weighted by Gasteiger charge is -2.40. The topological polar surface area (TPSA) is 62.3 Å². The number of rotatable bonds is 3. The summed E-state index contributed by atoms with van der Waals surface area (Å²) in [5, 5.41) is 2.75. The number of carbonyl (C=O) groups is 2. The van der Waals surface area contributed by atoms with E-state index in [-0.39, 0.29) is 24.4 Å². The highest BCUT2D eigenvalue weighted by atomic mass is 16.2. The highest BCUT2D eigenvalue weighted by molar-refractivity contribution is 5.95. The Morgan fingerprint density at radius 3 is 2.57 bits per heavy atom. The van der Waals surface area contributed by atoms with Crippen molar-refractivity contribution in [1.82, 2.24) is 15.2 Å². The summed E-state index contributed by atoms with van der Waals surface area (Å²) in [4.78, 5) is 30.4. The van der Waals surface area contributed by atoms with Crippen LogP contribution in [0.3, 0.4) is 0 Å². The number of aromatic nitrogens is 1. The molecule has 1 N–H and O–H groups in total. The number of hydrogen-bond donors (Lipinski definition) is 1. The van der Waals surface area contributed by atoms with Crippen LogP contribution in [-0.2, 0) is 16.1 Å². The zero-order chi connectivity index (χ0) is 14.7. The van der Waals surface area contributed by atoms with Gasteiger partial charge in [-0.1, -0.05) is 19.3 Å². The van der Waals surface area contributed by atoms with Crippen molar-refractivity contribution in [2.24, 2.45) is 5.92 Å². The number of nitrogens with one attached hydrogen (secondary N) is 1. The third-order valence-corrected chi connectivity index (χ3v) is 4.54. The fourth-order valence-corrected chi connectivity index (χ4v) is 3.46. The van der Waals surface area contributed by atoms with Crippen LogP contribution in [0.4, 0.5) is 0 Å². The van der Waals surface area contributed by atoms with Crippen molar-refractivity contribution in [2.75, 3.05) is 6.54 Å². The molecule has 0 spiro atoms. The van der Waals surface area contributed by atoms with E-state index >= 15 is 0 Å². The second kappa shape index (κ2) is 6.24. The summed E-state index contributed by atoms with van der Waals surface area (Å²) in [6.45, 7) is 0.614. The van der Waals surface area contributed by atoms with Crippen LogP contribution >= 0.6 is 0 Å². The van der Waals surface area contributed by atoms with Crippen LogP contribution in [0.15, 0.2) is 24.5 Å². The smallest absolute Gasteiger partial charge is 0.243 e. The molecule has 2 aliphatic rings. The first-order valence-electron chi connectivity index (χ1n) is 7.72. The van der Waals surface area contributed by atoms with Gasteiger partial charge in [0.05, 0.1) is 6.54 Å². The maximum Gasteiger partial charge on any atom is 0.243 e. The Morgan fingerprint density at radius 2 is 1.86 bits per heavy atom. The van der Waals surface area contributed by atoms with Crippen molar-refractivity contribution in [3.63, 3.8) is 0 Å². The Labute approximate surface area is 124 Å². The normalized spacial score (nSPS) is 24.0. The Morgan fingerprint density at radius 1 is 1.14 bits per heavy atom. The lowest BCUT2D eigenvalue weighted by Crippen LogP contribution is -2.60. The van der Waals surface area contributed by atoms with Crippen LogP contribution in [0.1, 0.15) is 37.7 Å². The van der Waals surface area contributed by atoms with E-state index in [1.807, 2.05) is 12.1 Å². The van der Waals surface area contributed by atoms with E-state index in [9.17, 15) is 9.59 Å². The van der Waals surface area contributed by atoms with Crippen molar-refractivity contribution < 1.29 is 9.59 Å². The number of pyridine rings is 1. The molecule has 1 aliphatic carbocycles. The van der Waals surface area contributed by atoms with Crippen LogP contribution in [0.5, 0.6) is 0 Å². The van der Waals surface area contributed by atoms with Gasteiger partial charge >= 0.3 is 0 Å². The first-order chi connectivity index (χ1) is 10.3. The zero-order valence-corrected chi connectivity index (χ0v) is 12.1. The maximum absolute atomic E-state index is 12.3. The minimum Gasteiger partial charge on any atom is -0.345 e. The third-order valence-electron chi connectivity index (χ3n) is 4.54. The Bertz CT molecular complexity index is 512. The van der Waals surface area contributed by atoms with E-state index < -0.39 is 0 Å². The van der Waals surface area contributed by atoms with Gasteiger partial charge in [-0.2, -0.15) is 0 Å². The minimum atomic E-state index is -0.306. The van der Waals surface area contributed by atoms with E-state index in [0.717, 1.165) is 31.2 Å². The van der Waals surface area contributed by atoms with Gasteiger partial charge in [0.2, 0.25) is 11.8 Å². The molecule has 2 heterocycles. The molecule has 1 atom stereocenters. The highest BCUT2D eigenvalue weighted by Gasteiger charge is 2.39. The van der Waals surface area contributed by atoms with Crippen LogP contribution in [0.25, 0.3) is 0 Å². The number of carbonyl (C=O) groups excluding carboxylic acids is 2. The van der Waals surface area contributed by atoms with E-state index in [4.69, 9.17) is 0 Å². The predicted octanol–water partition coefficient (Wildman–Crippen LogP) is 1.49. The van der Waals surface area contributed by atoms with Crippen molar-refractivity contribution in [1.29, 1.82) is 0 Å². The summed E-state index contributed by atoms with van der Waals surface area (Å²) < 4.78 is 0. The molecule has 1 saturated heterocycles. The van der Waals surface area contributed by atoms with Crippen molar-refractivity contribution in [3.8, 4) is 0 Å². The fourth-order valence-electron chi connectivity index (χ4n) is 3.46. The molecule has 3 rings (SSSR count). The highest BCUT2D eigenvalue weighted by Crippen LogP contribution is 2.31. The van der Waals surface area contributed by atoms with Gasteiger partial charge in [0.15, 0.2) is 0 Å². The minimum absolute atomic E-state index is 0.00977.